The molecule has 1 N–H and O–H groups in total. The first-order chi connectivity index (χ1) is 8.40. The van der Waals surface area contributed by atoms with E-state index >= 15 is 0 Å². The maximum Gasteiger partial charge on any atom is 0.311 e. The number of non-ortho nitro benzene ring substituents is 2. The lowest BCUT2D eigenvalue weighted by molar-refractivity contribution is -0.727. The SMILES string of the molecule is O=c1[nH][n+]([O-])nc2c([N+](=O)[O-])cc([N+](=O)[O-])cc12. The number of H-pyrrole nitrogens is 1. The van der Waals surface area contributed by atoms with E-state index in [1.54, 1.807) is 5.10 Å². The number of aromatic amines is 1. The molecule has 11 heteroatoms. The van der Waals surface area contributed by atoms with Gasteiger partial charge in [-0.3, -0.25) is 25.0 Å². The van der Waals surface area contributed by atoms with Crippen molar-refractivity contribution in [2.45, 2.75) is 0 Å². The van der Waals surface area contributed by atoms with Crippen LogP contribution in [-0.2, 0) is 0 Å². The molecule has 1 aromatic carbocycles. The van der Waals surface area contributed by atoms with Crippen LogP contribution in [0.4, 0.5) is 11.4 Å². The molecule has 92 valence electrons. The highest BCUT2D eigenvalue weighted by molar-refractivity contribution is 5.88. The third-order valence-electron chi connectivity index (χ3n) is 2.11. The summed E-state index contributed by atoms with van der Waals surface area (Å²) in [6, 6.07) is 1.45. The van der Waals surface area contributed by atoms with Crippen LogP contribution in [0.25, 0.3) is 10.9 Å². The second-order valence-electron chi connectivity index (χ2n) is 3.19. The van der Waals surface area contributed by atoms with Crippen molar-refractivity contribution in [1.82, 2.24) is 10.2 Å². The topological polar surface area (TPSA) is 159 Å². The van der Waals surface area contributed by atoms with E-state index in [9.17, 15) is 30.2 Å². The highest BCUT2D eigenvalue weighted by Crippen LogP contribution is 2.26. The van der Waals surface area contributed by atoms with Crippen LogP contribution < -0.4 is 10.5 Å². The van der Waals surface area contributed by atoms with Crippen molar-refractivity contribution in [3.05, 3.63) is 47.9 Å². The van der Waals surface area contributed by atoms with Gasteiger partial charge in [-0.2, -0.15) is 0 Å². The summed E-state index contributed by atoms with van der Waals surface area (Å²) in [5, 5.41) is 36.7. The quantitative estimate of drug-likeness (QED) is 0.322. The minimum atomic E-state index is -0.998. The number of hydrogen-bond donors (Lipinski definition) is 1. The first-order valence-electron chi connectivity index (χ1n) is 4.37. The van der Waals surface area contributed by atoms with Gasteiger partial charge in [-0.15, -0.1) is 0 Å². The van der Waals surface area contributed by atoms with E-state index in [-0.39, 0.29) is 4.96 Å². The van der Waals surface area contributed by atoms with Crippen molar-refractivity contribution >= 4 is 22.3 Å². The number of nitrogens with zero attached hydrogens (tertiary/aromatic N) is 4. The number of nitro benzene ring substituents is 2. The largest absolute Gasteiger partial charge is 0.571 e. The number of hydrogen-bond acceptors (Lipinski definition) is 7. The Balaban J connectivity index is 2.99. The molecule has 0 aliphatic rings. The molecule has 0 atom stereocenters. The van der Waals surface area contributed by atoms with Crippen LogP contribution in [0.1, 0.15) is 0 Å². The minimum Gasteiger partial charge on any atom is -0.571 e. The minimum absolute atomic E-state index is 0.247. The Morgan fingerprint density at radius 1 is 1.22 bits per heavy atom. The number of benzene rings is 1. The van der Waals surface area contributed by atoms with E-state index in [0.717, 1.165) is 6.07 Å². The van der Waals surface area contributed by atoms with Gasteiger partial charge in [-0.1, -0.05) is 5.10 Å². The van der Waals surface area contributed by atoms with Gasteiger partial charge in [0.15, 0.2) is 0 Å². The number of nitro groups is 2. The van der Waals surface area contributed by atoms with Gasteiger partial charge >= 0.3 is 11.2 Å². The Labute approximate surface area is 96.1 Å². The maximum absolute atomic E-state index is 11.4. The van der Waals surface area contributed by atoms with Crippen LogP contribution in [0, 0.1) is 25.4 Å². The van der Waals surface area contributed by atoms with Crippen molar-refractivity contribution in [2.24, 2.45) is 0 Å². The number of fused-ring (bicyclic) bond motifs is 1. The molecule has 0 fully saturated rings. The van der Waals surface area contributed by atoms with Crippen LogP contribution in [0.15, 0.2) is 16.9 Å². The van der Waals surface area contributed by atoms with Crippen LogP contribution in [0.2, 0.25) is 0 Å². The van der Waals surface area contributed by atoms with Crippen LogP contribution >= 0.6 is 0 Å². The highest BCUT2D eigenvalue weighted by Gasteiger charge is 2.24. The summed E-state index contributed by atoms with van der Waals surface area (Å²) in [4.78, 5) is 30.6. The molecule has 0 unspecified atom stereocenters. The molecule has 0 radical (unpaired) electrons. The molecule has 0 aliphatic carbocycles. The molecule has 11 nitrogen and oxygen atoms in total. The summed E-state index contributed by atoms with van der Waals surface area (Å²) in [7, 11) is 0. The van der Waals surface area contributed by atoms with Crippen molar-refractivity contribution in [2.75, 3.05) is 0 Å². The summed E-state index contributed by atoms with van der Waals surface area (Å²) < 4.78 is 0. The molecular weight excluding hydrogens is 250 g/mol. The van der Waals surface area contributed by atoms with E-state index in [2.05, 4.69) is 5.10 Å². The Morgan fingerprint density at radius 2 is 1.89 bits per heavy atom. The third kappa shape index (κ3) is 1.68. The summed E-state index contributed by atoms with van der Waals surface area (Å²) in [6.45, 7) is 0. The van der Waals surface area contributed by atoms with Crippen molar-refractivity contribution in [3.63, 3.8) is 0 Å². The van der Waals surface area contributed by atoms with Crippen molar-refractivity contribution in [3.8, 4) is 0 Å². The smallest absolute Gasteiger partial charge is 0.311 e. The molecule has 0 amide bonds. The molecule has 1 heterocycles. The average Bonchev–Trinajstić information content (AvgIpc) is 2.27. The average molecular weight is 253 g/mol. The molecule has 18 heavy (non-hydrogen) atoms. The molecule has 0 spiro atoms. The monoisotopic (exact) mass is 253 g/mol. The van der Waals surface area contributed by atoms with E-state index < -0.39 is 37.7 Å². The van der Waals surface area contributed by atoms with Gasteiger partial charge in [0.1, 0.15) is 0 Å². The molecule has 2 aromatic rings. The first kappa shape index (κ1) is 11.4. The lowest BCUT2D eigenvalue weighted by Gasteiger charge is -1.97. The van der Waals surface area contributed by atoms with Gasteiger partial charge in [0.05, 0.1) is 21.3 Å². The predicted octanol–water partition coefficient (Wildman–Crippen LogP) is -0.627. The lowest BCUT2D eigenvalue weighted by Crippen LogP contribution is -2.41. The highest BCUT2D eigenvalue weighted by atomic mass is 16.6. The standard InChI is InChI=1S/C7H3N5O6/c13-7-4-1-3(10(14)15)2-5(11(16)17)6(4)8-12(18)9-7/h1-2H,(H,8,9,13). The fourth-order valence-electron chi connectivity index (χ4n) is 1.39. The fraction of sp³-hybridized carbons (Fsp3) is 0. The fourth-order valence-corrected chi connectivity index (χ4v) is 1.39. The second-order valence-corrected chi connectivity index (χ2v) is 3.19. The summed E-state index contributed by atoms with van der Waals surface area (Å²) in [5.74, 6) is 0. The van der Waals surface area contributed by atoms with Crippen LogP contribution in [0.3, 0.4) is 0 Å². The zero-order chi connectivity index (χ0) is 13.4. The Bertz CT molecular complexity index is 737. The normalized spacial score (nSPS) is 10.4. The van der Waals surface area contributed by atoms with Gasteiger partial charge in [0, 0.05) is 16.1 Å². The van der Waals surface area contributed by atoms with Gasteiger partial charge in [0.2, 0.25) is 5.52 Å². The summed E-state index contributed by atoms with van der Waals surface area (Å²) in [5.41, 5.74) is -2.92. The molecule has 2 rings (SSSR count). The van der Waals surface area contributed by atoms with Gasteiger partial charge in [-0.05, 0) is 0 Å². The van der Waals surface area contributed by atoms with E-state index in [1.165, 1.54) is 0 Å². The van der Waals surface area contributed by atoms with Gasteiger partial charge in [-0.25, -0.2) is 0 Å². The second kappa shape index (κ2) is 3.73. The number of rotatable bonds is 2. The Morgan fingerprint density at radius 3 is 2.44 bits per heavy atom. The van der Waals surface area contributed by atoms with E-state index in [0.29, 0.717) is 6.07 Å². The zero-order valence-corrected chi connectivity index (χ0v) is 8.39. The maximum atomic E-state index is 11.4. The van der Waals surface area contributed by atoms with Gasteiger partial charge in [0.25, 0.3) is 5.69 Å². The molecule has 0 saturated carbocycles. The number of aromatic nitrogens is 3. The molecule has 0 saturated heterocycles. The molecular formula is C7H3N5O6. The third-order valence-corrected chi connectivity index (χ3v) is 2.11. The molecule has 1 aromatic heterocycles. The number of nitrogens with one attached hydrogen (secondary N) is 1. The Hall–Kier alpha value is -3.11. The van der Waals surface area contributed by atoms with Crippen molar-refractivity contribution in [1.29, 1.82) is 0 Å². The van der Waals surface area contributed by atoms with Crippen molar-refractivity contribution < 1.29 is 14.8 Å². The lowest BCUT2D eigenvalue weighted by atomic mass is 10.2. The van der Waals surface area contributed by atoms with E-state index in [4.69, 9.17) is 0 Å². The van der Waals surface area contributed by atoms with Gasteiger partial charge < -0.3 is 5.21 Å². The van der Waals surface area contributed by atoms with Crippen LogP contribution in [-0.4, -0.2) is 20.0 Å². The molecule has 0 aliphatic heterocycles. The molecule has 0 bridgehead atoms. The summed E-state index contributed by atoms with van der Waals surface area (Å²) in [6.07, 6.45) is 0. The predicted molar refractivity (Wildman–Crippen MR) is 54.6 cm³/mol. The zero-order valence-electron chi connectivity index (χ0n) is 8.39. The summed E-state index contributed by atoms with van der Waals surface area (Å²) >= 11 is 0. The Kier molecular flexibility index (Phi) is 2.35. The van der Waals surface area contributed by atoms with E-state index in [1.807, 2.05) is 0 Å². The first-order valence-corrected chi connectivity index (χ1v) is 4.37. The van der Waals surface area contributed by atoms with Crippen LogP contribution in [0.5, 0.6) is 0 Å².